The van der Waals surface area contributed by atoms with Gasteiger partial charge in [-0.3, -0.25) is 9.69 Å². The summed E-state index contributed by atoms with van der Waals surface area (Å²) in [6, 6.07) is 3.86. The van der Waals surface area contributed by atoms with Crippen LogP contribution < -0.4 is 0 Å². The van der Waals surface area contributed by atoms with Crippen LogP contribution >= 0.6 is 11.6 Å². The average Bonchev–Trinajstić information content (AvgIpc) is 2.82. The van der Waals surface area contributed by atoms with Crippen LogP contribution in [-0.4, -0.2) is 47.3 Å². The van der Waals surface area contributed by atoms with E-state index in [0.29, 0.717) is 0 Å². The van der Waals surface area contributed by atoms with Crippen LogP contribution in [0, 0.1) is 0 Å². The fourth-order valence-corrected chi connectivity index (χ4v) is 2.14. The molecule has 5 heteroatoms. The summed E-state index contributed by atoms with van der Waals surface area (Å²) in [5, 5.41) is -0.424. The number of nitrogens with zero attached hydrogens (tertiary/aromatic N) is 2. The van der Waals surface area contributed by atoms with E-state index in [1.165, 1.54) is 0 Å². The maximum absolute atomic E-state index is 11.7. The van der Waals surface area contributed by atoms with Crippen LogP contribution in [0.4, 0.5) is 0 Å². The highest BCUT2D eigenvalue weighted by atomic mass is 35.5. The molecular weight excluding hydrogens is 240 g/mol. The number of piperazine rings is 1. The minimum Gasteiger partial charge on any atom is -0.468 e. The smallest absolute Gasteiger partial charge is 0.240 e. The predicted molar refractivity (Wildman–Crippen MR) is 65.9 cm³/mol. The van der Waals surface area contributed by atoms with Crippen molar-refractivity contribution < 1.29 is 9.21 Å². The molecule has 94 valence electrons. The van der Waals surface area contributed by atoms with Crippen LogP contribution in [0.1, 0.15) is 12.7 Å². The third-order valence-corrected chi connectivity index (χ3v) is 3.17. The second-order valence-electron chi connectivity index (χ2n) is 4.30. The highest BCUT2D eigenvalue weighted by molar-refractivity contribution is 6.30. The van der Waals surface area contributed by atoms with Crippen molar-refractivity contribution >= 4 is 17.5 Å². The van der Waals surface area contributed by atoms with E-state index in [4.69, 9.17) is 16.0 Å². The van der Waals surface area contributed by atoms with Gasteiger partial charge in [-0.1, -0.05) is 0 Å². The van der Waals surface area contributed by atoms with Gasteiger partial charge in [0.05, 0.1) is 12.8 Å². The molecule has 0 aliphatic carbocycles. The summed E-state index contributed by atoms with van der Waals surface area (Å²) < 4.78 is 5.31. The third-order valence-electron chi connectivity index (χ3n) is 2.98. The molecule has 0 bridgehead atoms. The van der Waals surface area contributed by atoms with Crippen LogP contribution in [0.25, 0.3) is 0 Å². The van der Waals surface area contributed by atoms with Crippen molar-refractivity contribution in [3.63, 3.8) is 0 Å². The third kappa shape index (κ3) is 3.23. The normalized spacial score (nSPS) is 19.3. The van der Waals surface area contributed by atoms with Crippen LogP contribution in [0.5, 0.6) is 0 Å². The Kier molecular flexibility index (Phi) is 4.07. The molecule has 1 atom stereocenters. The van der Waals surface area contributed by atoms with Crippen LogP contribution in [-0.2, 0) is 11.3 Å². The van der Waals surface area contributed by atoms with Crippen LogP contribution in [0.2, 0.25) is 0 Å². The van der Waals surface area contributed by atoms with E-state index in [1.54, 1.807) is 13.2 Å². The monoisotopic (exact) mass is 256 g/mol. The molecule has 0 spiro atoms. The zero-order valence-electron chi connectivity index (χ0n) is 9.93. The van der Waals surface area contributed by atoms with Gasteiger partial charge in [-0.05, 0) is 19.1 Å². The largest absolute Gasteiger partial charge is 0.468 e. The van der Waals surface area contributed by atoms with Gasteiger partial charge >= 0.3 is 0 Å². The van der Waals surface area contributed by atoms with E-state index in [1.807, 2.05) is 17.0 Å². The lowest BCUT2D eigenvalue weighted by Crippen LogP contribution is -2.49. The Balaban J connectivity index is 1.80. The summed E-state index contributed by atoms with van der Waals surface area (Å²) in [6.07, 6.45) is 1.68. The average molecular weight is 257 g/mol. The van der Waals surface area contributed by atoms with Crippen molar-refractivity contribution in [3.05, 3.63) is 24.2 Å². The van der Waals surface area contributed by atoms with E-state index < -0.39 is 5.38 Å². The summed E-state index contributed by atoms with van der Waals surface area (Å²) in [6.45, 7) is 5.77. The number of furan rings is 1. The Bertz CT molecular complexity index is 357. The molecule has 4 nitrogen and oxygen atoms in total. The van der Waals surface area contributed by atoms with Crippen molar-refractivity contribution in [2.24, 2.45) is 0 Å². The number of carbonyl (C=O) groups is 1. The Morgan fingerprint density at radius 3 is 2.71 bits per heavy atom. The lowest BCUT2D eigenvalue weighted by Gasteiger charge is -2.34. The van der Waals surface area contributed by atoms with Gasteiger partial charge in [0.25, 0.3) is 0 Å². The maximum atomic E-state index is 11.7. The molecule has 1 aliphatic heterocycles. The molecule has 0 N–H and O–H groups in total. The van der Waals surface area contributed by atoms with E-state index in [-0.39, 0.29) is 5.91 Å². The second kappa shape index (κ2) is 5.56. The Morgan fingerprint density at radius 1 is 1.47 bits per heavy atom. The molecule has 0 aromatic carbocycles. The number of hydrogen-bond donors (Lipinski definition) is 0. The molecule has 1 saturated heterocycles. The number of amides is 1. The van der Waals surface area contributed by atoms with Gasteiger partial charge in [0.2, 0.25) is 5.91 Å². The standard InChI is InChI=1S/C12H17ClN2O2/c1-10(13)12(16)15-6-4-14(5-7-15)9-11-3-2-8-17-11/h2-3,8,10H,4-7,9H2,1H3. The van der Waals surface area contributed by atoms with Gasteiger partial charge in [0, 0.05) is 26.2 Å². The minimum atomic E-state index is -0.424. The zero-order valence-corrected chi connectivity index (χ0v) is 10.7. The fourth-order valence-electron chi connectivity index (χ4n) is 2.00. The number of alkyl halides is 1. The molecule has 0 saturated carbocycles. The molecule has 1 aromatic rings. The Morgan fingerprint density at radius 2 is 2.18 bits per heavy atom. The number of carbonyl (C=O) groups excluding carboxylic acids is 1. The van der Waals surface area contributed by atoms with Gasteiger partial charge < -0.3 is 9.32 Å². The number of halogens is 1. The molecular formula is C12H17ClN2O2. The molecule has 1 fully saturated rings. The molecule has 0 radical (unpaired) electrons. The highest BCUT2D eigenvalue weighted by Crippen LogP contribution is 2.10. The van der Waals surface area contributed by atoms with Gasteiger partial charge in [-0.2, -0.15) is 0 Å². The van der Waals surface area contributed by atoms with Crippen molar-refractivity contribution in [3.8, 4) is 0 Å². The summed E-state index contributed by atoms with van der Waals surface area (Å²) in [5.74, 6) is 1.000. The summed E-state index contributed by atoms with van der Waals surface area (Å²) in [7, 11) is 0. The van der Waals surface area contributed by atoms with Gasteiger partial charge in [-0.15, -0.1) is 11.6 Å². The minimum absolute atomic E-state index is 0.0318. The van der Waals surface area contributed by atoms with E-state index in [0.717, 1.165) is 38.5 Å². The molecule has 1 aliphatic rings. The second-order valence-corrected chi connectivity index (χ2v) is 4.95. The maximum Gasteiger partial charge on any atom is 0.240 e. The first-order chi connectivity index (χ1) is 8.16. The first-order valence-corrected chi connectivity index (χ1v) is 6.28. The van der Waals surface area contributed by atoms with Crippen molar-refractivity contribution in [2.75, 3.05) is 26.2 Å². The molecule has 1 unspecified atom stereocenters. The number of rotatable bonds is 3. The summed E-state index contributed by atoms with van der Waals surface area (Å²) in [4.78, 5) is 15.8. The lowest BCUT2D eigenvalue weighted by molar-refractivity contribution is -0.132. The van der Waals surface area contributed by atoms with Gasteiger partial charge in [0.1, 0.15) is 11.1 Å². The quantitative estimate of drug-likeness (QED) is 0.770. The predicted octanol–water partition coefficient (Wildman–Crippen LogP) is 1.55. The highest BCUT2D eigenvalue weighted by Gasteiger charge is 2.23. The first kappa shape index (κ1) is 12.5. The van der Waals surface area contributed by atoms with Gasteiger partial charge in [-0.25, -0.2) is 0 Å². The van der Waals surface area contributed by atoms with Crippen molar-refractivity contribution in [2.45, 2.75) is 18.8 Å². The Hall–Kier alpha value is -1.00. The van der Waals surface area contributed by atoms with Crippen molar-refractivity contribution in [1.29, 1.82) is 0 Å². The van der Waals surface area contributed by atoms with E-state index >= 15 is 0 Å². The van der Waals surface area contributed by atoms with Crippen LogP contribution in [0.3, 0.4) is 0 Å². The first-order valence-electron chi connectivity index (χ1n) is 5.84. The summed E-state index contributed by atoms with van der Waals surface area (Å²) in [5.41, 5.74) is 0. The topological polar surface area (TPSA) is 36.7 Å². The van der Waals surface area contributed by atoms with Crippen LogP contribution in [0.15, 0.2) is 22.8 Å². The Labute approximate surface area is 106 Å². The summed E-state index contributed by atoms with van der Waals surface area (Å²) >= 11 is 5.79. The molecule has 2 heterocycles. The molecule has 17 heavy (non-hydrogen) atoms. The number of hydrogen-bond acceptors (Lipinski definition) is 3. The van der Waals surface area contributed by atoms with E-state index in [9.17, 15) is 4.79 Å². The van der Waals surface area contributed by atoms with Gasteiger partial charge in [0.15, 0.2) is 0 Å². The fraction of sp³-hybridized carbons (Fsp3) is 0.583. The SMILES string of the molecule is CC(Cl)C(=O)N1CCN(Cc2ccco2)CC1. The van der Waals surface area contributed by atoms with Crippen molar-refractivity contribution in [1.82, 2.24) is 9.80 Å². The molecule has 1 amide bonds. The molecule has 1 aromatic heterocycles. The zero-order chi connectivity index (χ0) is 12.3. The molecule has 2 rings (SSSR count). The lowest BCUT2D eigenvalue weighted by atomic mass is 10.2. The van der Waals surface area contributed by atoms with E-state index in [2.05, 4.69) is 4.90 Å².